The number of rotatable bonds is 2. The van der Waals surface area contributed by atoms with Gasteiger partial charge in [-0.25, -0.2) is 0 Å². The third-order valence-electron chi connectivity index (χ3n) is 2.86. The van der Waals surface area contributed by atoms with Crippen LogP contribution in [0.1, 0.15) is 32.4 Å². The average molecular weight is 194 g/mol. The van der Waals surface area contributed by atoms with Gasteiger partial charge in [-0.3, -0.25) is 4.68 Å². The van der Waals surface area contributed by atoms with Gasteiger partial charge in [0.15, 0.2) is 0 Å². The molecule has 0 aromatic carbocycles. The van der Waals surface area contributed by atoms with E-state index in [-0.39, 0.29) is 5.60 Å². The van der Waals surface area contributed by atoms with Crippen LogP contribution in [0.2, 0.25) is 0 Å². The molecule has 1 atom stereocenters. The molecule has 0 radical (unpaired) electrons. The summed E-state index contributed by atoms with van der Waals surface area (Å²) in [7, 11) is 0. The van der Waals surface area contributed by atoms with Crippen LogP contribution >= 0.6 is 0 Å². The molecule has 1 unspecified atom stereocenters. The lowest BCUT2D eigenvalue weighted by Crippen LogP contribution is -2.23. The molecule has 0 amide bonds. The van der Waals surface area contributed by atoms with Crippen molar-refractivity contribution >= 4 is 0 Å². The van der Waals surface area contributed by atoms with Crippen molar-refractivity contribution in [1.29, 1.82) is 0 Å². The van der Waals surface area contributed by atoms with E-state index in [9.17, 15) is 0 Å². The van der Waals surface area contributed by atoms with Crippen LogP contribution in [0, 0.1) is 6.92 Å². The summed E-state index contributed by atoms with van der Waals surface area (Å²) >= 11 is 0. The monoisotopic (exact) mass is 194 g/mol. The SMILES string of the molecule is Cc1ccnn1CC1CCC(C)(C)O1. The fourth-order valence-corrected chi connectivity index (χ4v) is 1.99. The van der Waals surface area contributed by atoms with Gasteiger partial charge in [0.05, 0.1) is 18.2 Å². The Morgan fingerprint density at radius 3 is 2.93 bits per heavy atom. The van der Waals surface area contributed by atoms with Crippen LogP contribution in [0.25, 0.3) is 0 Å². The van der Waals surface area contributed by atoms with Crippen molar-refractivity contribution in [3.63, 3.8) is 0 Å². The maximum Gasteiger partial charge on any atom is 0.0779 e. The van der Waals surface area contributed by atoms with Crippen LogP contribution < -0.4 is 0 Å². The van der Waals surface area contributed by atoms with Crippen LogP contribution in [-0.2, 0) is 11.3 Å². The van der Waals surface area contributed by atoms with E-state index in [0.29, 0.717) is 6.10 Å². The van der Waals surface area contributed by atoms with Crippen molar-refractivity contribution in [3.8, 4) is 0 Å². The highest BCUT2D eigenvalue weighted by atomic mass is 16.5. The summed E-state index contributed by atoms with van der Waals surface area (Å²) < 4.78 is 7.94. The lowest BCUT2D eigenvalue weighted by Gasteiger charge is -2.19. The predicted molar refractivity (Wildman–Crippen MR) is 55.2 cm³/mol. The lowest BCUT2D eigenvalue weighted by atomic mass is 10.1. The molecule has 0 N–H and O–H groups in total. The summed E-state index contributed by atoms with van der Waals surface area (Å²) in [5.74, 6) is 0. The van der Waals surface area contributed by atoms with E-state index in [0.717, 1.165) is 19.4 Å². The minimum absolute atomic E-state index is 0.0612. The first-order valence-corrected chi connectivity index (χ1v) is 5.23. The summed E-state index contributed by atoms with van der Waals surface area (Å²) in [6, 6.07) is 2.03. The molecule has 2 rings (SSSR count). The highest BCUT2D eigenvalue weighted by Gasteiger charge is 2.31. The molecular formula is C11H18N2O. The first-order valence-electron chi connectivity index (χ1n) is 5.23. The van der Waals surface area contributed by atoms with Gasteiger partial charge in [0.1, 0.15) is 0 Å². The molecule has 0 bridgehead atoms. The Bertz CT molecular complexity index is 317. The van der Waals surface area contributed by atoms with Crippen LogP contribution in [0.4, 0.5) is 0 Å². The van der Waals surface area contributed by atoms with Crippen molar-refractivity contribution < 1.29 is 4.74 Å². The van der Waals surface area contributed by atoms with Crippen LogP contribution in [0.5, 0.6) is 0 Å². The highest BCUT2D eigenvalue weighted by molar-refractivity contribution is 4.97. The van der Waals surface area contributed by atoms with Gasteiger partial charge in [-0.2, -0.15) is 5.10 Å². The second-order valence-corrected chi connectivity index (χ2v) is 4.69. The van der Waals surface area contributed by atoms with Crippen molar-refractivity contribution in [2.75, 3.05) is 0 Å². The molecule has 3 nitrogen and oxygen atoms in total. The minimum atomic E-state index is 0.0612. The van der Waals surface area contributed by atoms with Crippen molar-refractivity contribution in [2.24, 2.45) is 0 Å². The summed E-state index contributed by atoms with van der Waals surface area (Å²) in [6.07, 6.45) is 4.48. The van der Waals surface area contributed by atoms with Gasteiger partial charge in [-0.1, -0.05) is 0 Å². The molecule has 1 aliphatic rings. The number of ether oxygens (including phenoxy) is 1. The van der Waals surface area contributed by atoms with E-state index in [1.165, 1.54) is 5.69 Å². The molecule has 1 saturated heterocycles. The second-order valence-electron chi connectivity index (χ2n) is 4.69. The molecule has 3 heteroatoms. The topological polar surface area (TPSA) is 27.1 Å². The van der Waals surface area contributed by atoms with Gasteiger partial charge >= 0.3 is 0 Å². The quantitative estimate of drug-likeness (QED) is 0.721. The van der Waals surface area contributed by atoms with Crippen molar-refractivity contribution in [2.45, 2.75) is 51.9 Å². The predicted octanol–water partition coefficient (Wildman–Crippen LogP) is 2.15. The first-order chi connectivity index (χ1) is 6.57. The molecule has 1 aromatic heterocycles. The van der Waals surface area contributed by atoms with E-state index in [1.807, 2.05) is 16.9 Å². The Morgan fingerprint density at radius 1 is 1.64 bits per heavy atom. The normalized spacial score (nSPS) is 25.5. The third-order valence-corrected chi connectivity index (χ3v) is 2.86. The summed E-state index contributed by atoms with van der Waals surface area (Å²) in [5, 5.41) is 4.26. The van der Waals surface area contributed by atoms with Crippen LogP contribution in [0.3, 0.4) is 0 Å². The van der Waals surface area contributed by atoms with E-state index < -0.39 is 0 Å². The maximum absolute atomic E-state index is 5.92. The Hall–Kier alpha value is -0.830. The molecule has 1 aromatic rings. The van der Waals surface area contributed by atoms with E-state index in [2.05, 4.69) is 25.9 Å². The van der Waals surface area contributed by atoms with E-state index in [4.69, 9.17) is 4.74 Å². The number of aromatic nitrogens is 2. The molecule has 0 spiro atoms. The Kier molecular flexibility index (Phi) is 2.35. The lowest BCUT2D eigenvalue weighted by molar-refractivity contribution is -0.0232. The Labute approximate surface area is 85.1 Å². The average Bonchev–Trinajstić information content (AvgIpc) is 2.61. The third kappa shape index (κ3) is 1.98. The molecule has 1 fully saturated rings. The number of aryl methyl sites for hydroxylation is 1. The minimum Gasteiger partial charge on any atom is -0.370 e. The van der Waals surface area contributed by atoms with Crippen molar-refractivity contribution in [3.05, 3.63) is 18.0 Å². The molecule has 0 aliphatic carbocycles. The van der Waals surface area contributed by atoms with Gasteiger partial charge < -0.3 is 4.74 Å². The molecular weight excluding hydrogens is 176 g/mol. The first kappa shape index (κ1) is 9.71. The number of nitrogens with zero attached hydrogens (tertiary/aromatic N) is 2. The van der Waals surface area contributed by atoms with Crippen molar-refractivity contribution in [1.82, 2.24) is 9.78 Å². The van der Waals surface area contributed by atoms with Gasteiger partial charge in [0.2, 0.25) is 0 Å². The second kappa shape index (κ2) is 3.39. The highest BCUT2D eigenvalue weighted by Crippen LogP contribution is 2.30. The van der Waals surface area contributed by atoms with E-state index in [1.54, 1.807) is 0 Å². The molecule has 0 saturated carbocycles. The number of hydrogen-bond donors (Lipinski definition) is 0. The van der Waals surface area contributed by atoms with Gasteiger partial charge in [-0.15, -0.1) is 0 Å². The van der Waals surface area contributed by atoms with Crippen LogP contribution in [0.15, 0.2) is 12.3 Å². The Morgan fingerprint density at radius 2 is 2.43 bits per heavy atom. The largest absolute Gasteiger partial charge is 0.370 e. The van der Waals surface area contributed by atoms with E-state index >= 15 is 0 Å². The van der Waals surface area contributed by atoms with Gasteiger partial charge in [0.25, 0.3) is 0 Å². The number of hydrogen-bond acceptors (Lipinski definition) is 2. The Balaban J connectivity index is 1.97. The fourth-order valence-electron chi connectivity index (χ4n) is 1.99. The van der Waals surface area contributed by atoms with Gasteiger partial charge in [-0.05, 0) is 39.7 Å². The molecule has 78 valence electrons. The standard InChI is InChI=1S/C11H18N2O/c1-9-5-7-12-13(9)8-10-4-6-11(2,3)14-10/h5,7,10H,4,6,8H2,1-3H3. The zero-order valence-electron chi connectivity index (χ0n) is 9.16. The molecule has 2 heterocycles. The molecule has 14 heavy (non-hydrogen) atoms. The fraction of sp³-hybridized carbons (Fsp3) is 0.727. The summed E-state index contributed by atoms with van der Waals surface area (Å²) in [4.78, 5) is 0. The smallest absolute Gasteiger partial charge is 0.0779 e. The van der Waals surface area contributed by atoms with Gasteiger partial charge in [0, 0.05) is 11.9 Å². The maximum atomic E-state index is 5.92. The zero-order valence-corrected chi connectivity index (χ0v) is 9.16. The summed E-state index contributed by atoms with van der Waals surface area (Å²) in [6.45, 7) is 7.28. The zero-order chi connectivity index (χ0) is 10.2. The molecule has 1 aliphatic heterocycles. The summed E-state index contributed by atoms with van der Waals surface area (Å²) in [5.41, 5.74) is 1.27. The van der Waals surface area contributed by atoms with Crippen LogP contribution in [-0.4, -0.2) is 21.5 Å².